The topological polar surface area (TPSA) is 65.0 Å². The van der Waals surface area contributed by atoms with E-state index in [9.17, 15) is 9.46 Å². The lowest BCUT2D eigenvalue weighted by atomic mass is 10.1. The smallest absolute Gasteiger partial charge is 0.358 e. The molecule has 0 aliphatic rings. The predicted molar refractivity (Wildman–Crippen MR) is 90.3 cm³/mol. The van der Waals surface area contributed by atoms with Gasteiger partial charge in [-0.1, -0.05) is 24.3 Å². The Morgan fingerprint density at radius 3 is 2.04 bits per heavy atom. The lowest BCUT2D eigenvalue weighted by Gasteiger charge is -2.11. The Balaban J connectivity index is 2.09. The van der Waals surface area contributed by atoms with Crippen LogP contribution in [0.1, 0.15) is 6.92 Å². The van der Waals surface area contributed by atoms with Gasteiger partial charge < -0.3 is 18.9 Å². The van der Waals surface area contributed by atoms with Gasteiger partial charge in [0.1, 0.15) is 12.4 Å². The highest BCUT2D eigenvalue weighted by Gasteiger charge is 2.21. The first-order chi connectivity index (χ1) is 11.1. The quantitative estimate of drug-likeness (QED) is 0.592. The molecule has 0 aliphatic heterocycles. The number of ether oxygens (including phenoxy) is 2. The van der Waals surface area contributed by atoms with Crippen LogP contribution >= 0.6 is 7.60 Å². The summed E-state index contributed by atoms with van der Waals surface area (Å²) in [7, 11) is -2.08. The van der Waals surface area contributed by atoms with Crippen LogP contribution in [0.15, 0.2) is 48.5 Å². The van der Waals surface area contributed by atoms with Crippen molar-refractivity contribution in [3.05, 3.63) is 48.5 Å². The highest BCUT2D eigenvalue weighted by Crippen LogP contribution is 2.40. The van der Waals surface area contributed by atoms with Crippen LogP contribution in [0.3, 0.4) is 0 Å². The molecule has 2 aromatic carbocycles. The summed E-state index contributed by atoms with van der Waals surface area (Å²) in [6, 6.07) is 14.5. The van der Waals surface area contributed by atoms with Crippen molar-refractivity contribution >= 4 is 12.9 Å². The van der Waals surface area contributed by atoms with Crippen molar-refractivity contribution in [3.63, 3.8) is 0 Å². The summed E-state index contributed by atoms with van der Waals surface area (Å²) in [6.07, 6.45) is 0. The van der Waals surface area contributed by atoms with E-state index in [-0.39, 0.29) is 6.61 Å². The minimum atomic E-state index is -3.71. The van der Waals surface area contributed by atoms with Crippen molar-refractivity contribution < 1.29 is 23.5 Å². The highest BCUT2D eigenvalue weighted by molar-refractivity contribution is 7.61. The molecule has 2 rings (SSSR count). The number of benzene rings is 2. The fraction of sp³-hybridized carbons (Fsp3) is 0.294. The fourth-order valence-corrected chi connectivity index (χ4v) is 3.10. The van der Waals surface area contributed by atoms with Crippen LogP contribution in [0.4, 0.5) is 0 Å². The van der Waals surface area contributed by atoms with Crippen LogP contribution < -0.4 is 10.0 Å². The third-order valence-electron chi connectivity index (χ3n) is 3.24. The second-order valence-corrected chi connectivity index (χ2v) is 6.67. The molecule has 0 amide bonds. The third kappa shape index (κ3) is 4.91. The standard InChI is InChI=1S/C17H21O5P/c1-3-22-23(18,19)17-10-6-15(7-11-17)14-4-8-16(9-5-14)21-13-12-20-2/h4-11H,3,12-13H2,1-2H3,(H,18,19). The van der Waals surface area contributed by atoms with Gasteiger partial charge >= 0.3 is 7.60 Å². The minimum absolute atomic E-state index is 0.195. The van der Waals surface area contributed by atoms with E-state index in [0.717, 1.165) is 16.9 Å². The van der Waals surface area contributed by atoms with E-state index in [1.165, 1.54) is 0 Å². The molecule has 0 saturated heterocycles. The van der Waals surface area contributed by atoms with Crippen molar-refractivity contribution in [1.82, 2.24) is 0 Å². The van der Waals surface area contributed by atoms with Gasteiger partial charge in [0.05, 0.1) is 18.5 Å². The summed E-state index contributed by atoms with van der Waals surface area (Å²) in [5.74, 6) is 0.777. The molecule has 0 aliphatic carbocycles. The molecule has 0 heterocycles. The Bertz CT molecular complexity index is 652. The lowest BCUT2D eigenvalue weighted by Crippen LogP contribution is -2.06. The molecule has 0 aromatic heterocycles. The molecule has 124 valence electrons. The van der Waals surface area contributed by atoms with E-state index in [2.05, 4.69) is 0 Å². The van der Waals surface area contributed by atoms with Crippen LogP contribution in [0.2, 0.25) is 0 Å². The SMILES string of the molecule is CCOP(=O)(O)c1ccc(-c2ccc(OCCOC)cc2)cc1. The molecule has 0 bridgehead atoms. The van der Waals surface area contributed by atoms with E-state index in [1.807, 2.05) is 24.3 Å². The number of rotatable bonds is 8. The third-order valence-corrected chi connectivity index (χ3v) is 4.80. The van der Waals surface area contributed by atoms with Gasteiger partial charge in [0.2, 0.25) is 0 Å². The molecule has 1 N–H and O–H groups in total. The van der Waals surface area contributed by atoms with Crippen molar-refractivity contribution in [3.8, 4) is 16.9 Å². The minimum Gasteiger partial charge on any atom is -0.491 e. The Labute approximate surface area is 136 Å². The second kappa shape index (κ2) is 8.27. The van der Waals surface area contributed by atoms with E-state index in [1.54, 1.807) is 38.3 Å². The maximum atomic E-state index is 11.9. The van der Waals surface area contributed by atoms with E-state index < -0.39 is 7.60 Å². The molecule has 0 spiro atoms. The Hall–Kier alpha value is -1.65. The monoisotopic (exact) mass is 336 g/mol. The zero-order chi connectivity index (χ0) is 16.7. The average Bonchev–Trinajstić information content (AvgIpc) is 2.56. The molecule has 6 heteroatoms. The van der Waals surface area contributed by atoms with Crippen molar-refractivity contribution in [2.75, 3.05) is 26.9 Å². The molecule has 1 atom stereocenters. The van der Waals surface area contributed by atoms with Gasteiger partial charge in [-0.15, -0.1) is 0 Å². The summed E-state index contributed by atoms with van der Waals surface area (Å²) in [5, 5.41) is 0.294. The van der Waals surface area contributed by atoms with Crippen LogP contribution in [0.5, 0.6) is 5.75 Å². The fourth-order valence-electron chi connectivity index (χ4n) is 2.08. The molecule has 23 heavy (non-hydrogen) atoms. The summed E-state index contributed by atoms with van der Waals surface area (Å²) >= 11 is 0. The maximum Gasteiger partial charge on any atom is 0.358 e. The molecule has 0 radical (unpaired) electrons. The first-order valence-electron chi connectivity index (χ1n) is 7.37. The van der Waals surface area contributed by atoms with Crippen LogP contribution in [-0.2, 0) is 13.8 Å². The Kier molecular flexibility index (Phi) is 6.37. The van der Waals surface area contributed by atoms with Gasteiger partial charge in [-0.3, -0.25) is 4.57 Å². The van der Waals surface area contributed by atoms with E-state index >= 15 is 0 Å². The summed E-state index contributed by atoms with van der Waals surface area (Å²) in [6.45, 7) is 2.94. The Morgan fingerprint density at radius 1 is 0.957 bits per heavy atom. The zero-order valence-corrected chi connectivity index (χ0v) is 14.2. The largest absolute Gasteiger partial charge is 0.491 e. The Morgan fingerprint density at radius 2 is 1.52 bits per heavy atom. The number of methoxy groups -OCH3 is 1. The van der Waals surface area contributed by atoms with Gasteiger partial charge in [-0.05, 0) is 42.3 Å². The maximum absolute atomic E-state index is 11.9. The summed E-state index contributed by atoms with van der Waals surface area (Å²) in [4.78, 5) is 9.79. The van der Waals surface area contributed by atoms with Gasteiger partial charge in [0, 0.05) is 7.11 Å². The van der Waals surface area contributed by atoms with Gasteiger partial charge in [-0.25, -0.2) is 0 Å². The van der Waals surface area contributed by atoms with E-state index in [4.69, 9.17) is 14.0 Å². The van der Waals surface area contributed by atoms with Gasteiger partial charge in [0.15, 0.2) is 0 Å². The van der Waals surface area contributed by atoms with Crippen molar-refractivity contribution in [2.45, 2.75) is 6.92 Å². The van der Waals surface area contributed by atoms with Crippen LogP contribution in [0, 0.1) is 0 Å². The van der Waals surface area contributed by atoms with Gasteiger partial charge in [0.25, 0.3) is 0 Å². The molecular formula is C17H21O5P. The molecule has 0 saturated carbocycles. The molecular weight excluding hydrogens is 315 g/mol. The number of hydrogen-bond acceptors (Lipinski definition) is 4. The first-order valence-corrected chi connectivity index (χ1v) is 8.94. The molecule has 0 fully saturated rings. The summed E-state index contributed by atoms with van der Waals surface area (Å²) in [5.41, 5.74) is 1.95. The zero-order valence-electron chi connectivity index (χ0n) is 13.3. The molecule has 1 unspecified atom stereocenters. The van der Waals surface area contributed by atoms with Crippen molar-refractivity contribution in [2.24, 2.45) is 0 Å². The summed E-state index contributed by atoms with van der Waals surface area (Å²) < 4.78 is 27.3. The van der Waals surface area contributed by atoms with Crippen molar-refractivity contribution in [1.29, 1.82) is 0 Å². The second-order valence-electron chi connectivity index (χ2n) is 4.85. The van der Waals surface area contributed by atoms with Crippen LogP contribution in [-0.4, -0.2) is 31.8 Å². The van der Waals surface area contributed by atoms with Gasteiger partial charge in [-0.2, -0.15) is 0 Å². The number of hydrogen-bond donors (Lipinski definition) is 1. The molecule has 2 aromatic rings. The lowest BCUT2D eigenvalue weighted by molar-refractivity contribution is 0.146. The molecule has 5 nitrogen and oxygen atoms in total. The highest BCUT2D eigenvalue weighted by atomic mass is 31.2. The first kappa shape index (κ1) is 17.7. The average molecular weight is 336 g/mol. The van der Waals surface area contributed by atoms with Crippen LogP contribution in [0.25, 0.3) is 11.1 Å². The predicted octanol–water partition coefficient (Wildman–Crippen LogP) is 3.23. The van der Waals surface area contributed by atoms with E-state index in [0.29, 0.717) is 18.5 Å². The normalized spacial score (nSPS) is 13.5.